The Morgan fingerprint density at radius 1 is 1.22 bits per heavy atom. The maximum Gasteiger partial charge on any atom is 0.322 e. The Kier molecular flexibility index (Phi) is 7.40. The van der Waals surface area contributed by atoms with E-state index in [-0.39, 0.29) is 18.5 Å². The number of aromatic nitrogens is 1. The Morgan fingerprint density at radius 2 is 2.00 bits per heavy atom. The molecule has 146 valence electrons. The van der Waals surface area contributed by atoms with Crippen molar-refractivity contribution in [3.05, 3.63) is 41.7 Å². The summed E-state index contributed by atoms with van der Waals surface area (Å²) in [6.07, 6.45) is 1.69. The number of benzene rings is 1. The van der Waals surface area contributed by atoms with E-state index >= 15 is 0 Å². The second-order valence-electron chi connectivity index (χ2n) is 6.96. The van der Waals surface area contributed by atoms with Crippen LogP contribution in [0.15, 0.2) is 34.9 Å². The molecule has 0 aliphatic heterocycles. The molecule has 1 heterocycles. The van der Waals surface area contributed by atoms with Crippen LogP contribution in [-0.4, -0.2) is 35.1 Å². The fourth-order valence-electron chi connectivity index (χ4n) is 2.52. The number of amides is 3. The summed E-state index contributed by atoms with van der Waals surface area (Å²) >= 11 is 0. The summed E-state index contributed by atoms with van der Waals surface area (Å²) in [6, 6.07) is 9.04. The molecule has 0 aliphatic rings. The highest BCUT2D eigenvalue weighted by Gasteiger charge is 2.18. The van der Waals surface area contributed by atoms with Crippen LogP contribution in [0.5, 0.6) is 0 Å². The van der Waals surface area contributed by atoms with Crippen LogP contribution in [-0.2, 0) is 11.2 Å². The number of carbonyl (C=O) groups is 2. The topological polar surface area (TPSA) is 87.5 Å². The average molecular weight is 372 g/mol. The summed E-state index contributed by atoms with van der Waals surface area (Å²) < 4.78 is 4.94. The Bertz CT molecular complexity index is 770. The van der Waals surface area contributed by atoms with E-state index in [1.54, 1.807) is 13.0 Å². The average Bonchev–Trinajstić information content (AvgIpc) is 3.03. The minimum Gasteiger partial charge on any atom is -0.360 e. The first-order valence-electron chi connectivity index (χ1n) is 9.25. The minimum absolute atomic E-state index is 0.0576. The standard InChI is InChI=1S/C20H28N4O3/c1-5-16-7-6-8-17(12-16)21-20(26)24(10-9-14(2)3)13-19(25)22-18-11-15(4)27-23-18/h6-8,11-12,14H,5,9-10,13H2,1-4H3,(H,21,26)(H,22,23,25). The number of rotatable bonds is 8. The molecule has 7 nitrogen and oxygen atoms in total. The van der Waals surface area contributed by atoms with E-state index in [0.29, 0.717) is 24.0 Å². The van der Waals surface area contributed by atoms with Crippen LogP contribution in [0.1, 0.15) is 38.5 Å². The third-order valence-electron chi connectivity index (χ3n) is 4.08. The molecule has 7 heteroatoms. The van der Waals surface area contributed by atoms with E-state index in [1.165, 1.54) is 4.90 Å². The van der Waals surface area contributed by atoms with Crippen LogP contribution in [0.4, 0.5) is 16.3 Å². The van der Waals surface area contributed by atoms with Crippen molar-refractivity contribution in [2.75, 3.05) is 23.7 Å². The van der Waals surface area contributed by atoms with Gasteiger partial charge in [-0.1, -0.05) is 38.1 Å². The Labute approximate surface area is 160 Å². The quantitative estimate of drug-likeness (QED) is 0.731. The summed E-state index contributed by atoms with van der Waals surface area (Å²) in [7, 11) is 0. The van der Waals surface area contributed by atoms with Crippen molar-refractivity contribution in [1.82, 2.24) is 10.1 Å². The Balaban J connectivity index is 2.02. The van der Waals surface area contributed by atoms with E-state index < -0.39 is 0 Å². The van der Waals surface area contributed by atoms with Crippen molar-refractivity contribution in [2.45, 2.75) is 40.5 Å². The summed E-state index contributed by atoms with van der Waals surface area (Å²) in [5.74, 6) is 1.06. The van der Waals surface area contributed by atoms with E-state index in [4.69, 9.17) is 4.52 Å². The lowest BCUT2D eigenvalue weighted by atomic mass is 10.1. The number of nitrogens with one attached hydrogen (secondary N) is 2. The van der Waals surface area contributed by atoms with Gasteiger partial charge in [-0.2, -0.15) is 0 Å². The summed E-state index contributed by atoms with van der Waals surface area (Å²) in [6.45, 7) is 8.40. The van der Waals surface area contributed by atoms with Crippen LogP contribution < -0.4 is 10.6 Å². The number of aryl methyl sites for hydroxylation is 2. The van der Waals surface area contributed by atoms with E-state index in [9.17, 15) is 9.59 Å². The van der Waals surface area contributed by atoms with Crippen molar-refractivity contribution in [1.29, 1.82) is 0 Å². The summed E-state index contributed by atoms with van der Waals surface area (Å²) in [4.78, 5) is 26.6. The van der Waals surface area contributed by atoms with Gasteiger partial charge < -0.3 is 20.1 Å². The van der Waals surface area contributed by atoms with Crippen LogP contribution in [0.2, 0.25) is 0 Å². The molecular formula is C20H28N4O3. The third-order valence-corrected chi connectivity index (χ3v) is 4.08. The van der Waals surface area contributed by atoms with Gasteiger partial charge in [-0.25, -0.2) is 4.79 Å². The second kappa shape index (κ2) is 9.75. The first kappa shape index (κ1) is 20.5. The summed E-state index contributed by atoms with van der Waals surface area (Å²) in [5.41, 5.74) is 1.86. The van der Waals surface area contributed by atoms with Crippen molar-refractivity contribution < 1.29 is 14.1 Å². The zero-order valence-corrected chi connectivity index (χ0v) is 16.4. The van der Waals surface area contributed by atoms with Gasteiger partial charge in [0.25, 0.3) is 0 Å². The molecule has 0 bridgehead atoms. The van der Waals surface area contributed by atoms with Gasteiger partial charge >= 0.3 is 6.03 Å². The molecule has 0 saturated heterocycles. The number of hydrogen-bond donors (Lipinski definition) is 2. The predicted molar refractivity (Wildman–Crippen MR) is 106 cm³/mol. The lowest BCUT2D eigenvalue weighted by Crippen LogP contribution is -2.41. The molecule has 2 N–H and O–H groups in total. The fraction of sp³-hybridized carbons (Fsp3) is 0.450. The molecular weight excluding hydrogens is 344 g/mol. The SMILES string of the molecule is CCc1cccc(NC(=O)N(CCC(C)C)CC(=O)Nc2cc(C)on2)c1. The van der Waals surface area contributed by atoms with Crippen molar-refractivity contribution in [3.63, 3.8) is 0 Å². The normalized spacial score (nSPS) is 10.7. The minimum atomic E-state index is -0.315. The van der Waals surface area contributed by atoms with Gasteiger partial charge in [-0.05, 0) is 43.4 Å². The van der Waals surface area contributed by atoms with Gasteiger partial charge in [-0.3, -0.25) is 4.79 Å². The van der Waals surface area contributed by atoms with Crippen molar-refractivity contribution in [2.24, 2.45) is 5.92 Å². The number of carbonyl (C=O) groups excluding carboxylic acids is 2. The second-order valence-corrected chi connectivity index (χ2v) is 6.96. The maximum absolute atomic E-state index is 12.7. The highest BCUT2D eigenvalue weighted by molar-refractivity contribution is 5.96. The lowest BCUT2D eigenvalue weighted by Gasteiger charge is -2.23. The Morgan fingerprint density at radius 3 is 2.63 bits per heavy atom. The molecule has 0 fully saturated rings. The highest BCUT2D eigenvalue weighted by atomic mass is 16.5. The third kappa shape index (κ3) is 6.77. The molecule has 0 aliphatic carbocycles. The lowest BCUT2D eigenvalue weighted by molar-refractivity contribution is -0.116. The molecule has 0 radical (unpaired) electrons. The van der Waals surface area contributed by atoms with Crippen LogP contribution in [0.3, 0.4) is 0 Å². The first-order chi connectivity index (χ1) is 12.9. The van der Waals surface area contributed by atoms with Gasteiger partial charge in [-0.15, -0.1) is 0 Å². The smallest absolute Gasteiger partial charge is 0.322 e. The predicted octanol–water partition coefficient (Wildman–Crippen LogP) is 4.06. The number of nitrogens with zero attached hydrogens (tertiary/aromatic N) is 2. The zero-order valence-electron chi connectivity index (χ0n) is 16.4. The Hall–Kier alpha value is -2.83. The van der Waals surface area contributed by atoms with Crippen LogP contribution in [0.25, 0.3) is 0 Å². The van der Waals surface area contributed by atoms with E-state index in [0.717, 1.165) is 24.1 Å². The van der Waals surface area contributed by atoms with E-state index in [2.05, 4.69) is 36.6 Å². The molecule has 1 aromatic carbocycles. The fourth-order valence-corrected chi connectivity index (χ4v) is 2.52. The van der Waals surface area contributed by atoms with Crippen molar-refractivity contribution in [3.8, 4) is 0 Å². The van der Waals surface area contributed by atoms with Gasteiger partial charge in [0.2, 0.25) is 5.91 Å². The summed E-state index contributed by atoms with van der Waals surface area (Å²) in [5, 5.41) is 9.28. The molecule has 2 aromatic rings. The van der Waals surface area contributed by atoms with E-state index in [1.807, 2.05) is 24.3 Å². The van der Waals surface area contributed by atoms with Crippen LogP contribution >= 0.6 is 0 Å². The van der Waals surface area contributed by atoms with Gasteiger partial charge in [0.1, 0.15) is 12.3 Å². The monoisotopic (exact) mass is 372 g/mol. The van der Waals surface area contributed by atoms with Gasteiger partial charge in [0.15, 0.2) is 5.82 Å². The van der Waals surface area contributed by atoms with Gasteiger partial charge in [0, 0.05) is 18.3 Å². The highest BCUT2D eigenvalue weighted by Crippen LogP contribution is 2.13. The molecule has 0 unspecified atom stereocenters. The molecule has 0 atom stereocenters. The molecule has 27 heavy (non-hydrogen) atoms. The zero-order chi connectivity index (χ0) is 19.8. The first-order valence-corrected chi connectivity index (χ1v) is 9.25. The molecule has 1 aromatic heterocycles. The molecule has 3 amide bonds. The molecule has 2 rings (SSSR count). The molecule has 0 saturated carbocycles. The number of anilines is 2. The molecule has 0 spiro atoms. The van der Waals surface area contributed by atoms with Crippen LogP contribution in [0, 0.1) is 12.8 Å². The largest absolute Gasteiger partial charge is 0.360 e. The number of urea groups is 1. The maximum atomic E-state index is 12.7. The number of hydrogen-bond acceptors (Lipinski definition) is 4. The van der Waals surface area contributed by atoms with Gasteiger partial charge in [0.05, 0.1) is 0 Å². The van der Waals surface area contributed by atoms with Crippen molar-refractivity contribution >= 4 is 23.4 Å².